The van der Waals surface area contributed by atoms with Crippen molar-refractivity contribution in [2.45, 2.75) is 50.9 Å². The third-order valence-corrected chi connectivity index (χ3v) is 6.13. The Morgan fingerprint density at radius 3 is 2.11 bits per heavy atom. The minimum Gasteiger partial charge on any atom is -0.480 e. The summed E-state index contributed by atoms with van der Waals surface area (Å²) in [5.74, 6) is -3.16. The van der Waals surface area contributed by atoms with Crippen molar-refractivity contribution >= 4 is 59.9 Å². The van der Waals surface area contributed by atoms with E-state index in [-0.39, 0.29) is 23.8 Å². The van der Waals surface area contributed by atoms with Gasteiger partial charge in [0.25, 0.3) is 0 Å². The maximum absolute atomic E-state index is 13.0. The minimum atomic E-state index is -1.24. The molecule has 12 heteroatoms. The fraction of sp³-hybridized carbons (Fsp3) is 0.478. The number of thiol groups is 2. The number of hydrogen-bond donors (Lipinski definition) is 8. The number of benzene rings is 1. The van der Waals surface area contributed by atoms with Crippen LogP contribution in [0.2, 0.25) is 0 Å². The lowest BCUT2D eigenvalue weighted by atomic mass is 10.0. The lowest BCUT2D eigenvalue weighted by Gasteiger charge is -2.25. The molecule has 0 aliphatic rings. The lowest BCUT2D eigenvalue weighted by Crippen LogP contribution is -2.58. The van der Waals surface area contributed by atoms with E-state index in [4.69, 9.17) is 10.8 Å². The van der Waals surface area contributed by atoms with Crippen molar-refractivity contribution in [1.29, 1.82) is 0 Å². The first-order valence-corrected chi connectivity index (χ1v) is 12.5. The second-order valence-corrected chi connectivity index (χ2v) is 9.42. The summed E-state index contributed by atoms with van der Waals surface area (Å²) < 4.78 is 0. The quantitative estimate of drug-likeness (QED) is 0.178. The summed E-state index contributed by atoms with van der Waals surface area (Å²) >= 11 is 8.01. The first kappa shape index (κ1) is 28.5. The van der Waals surface area contributed by atoms with Gasteiger partial charge < -0.3 is 31.8 Å². The zero-order chi connectivity index (χ0) is 26.1. The number of H-pyrrole nitrogens is 1. The van der Waals surface area contributed by atoms with Gasteiger partial charge in [-0.25, -0.2) is 4.79 Å². The molecule has 2 rings (SSSR count). The summed E-state index contributed by atoms with van der Waals surface area (Å²) in [6, 6.07) is 3.53. The standard InChI is InChI=1S/C23H33N5O5S2/c1-12(2)7-17(21(30)27-18(10-34)22(31)28-19(11-35)23(32)33)26-20(29)15(24)8-13-9-25-16-6-4-3-5-14(13)16/h3-6,9,12,15,17-19,25,34-35H,7-8,10-11,24H2,1-2H3,(H,26,29)(H,27,30)(H,28,31)(H,32,33). The van der Waals surface area contributed by atoms with E-state index in [2.05, 4.69) is 46.2 Å². The van der Waals surface area contributed by atoms with Gasteiger partial charge >= 0.3 is 5.97 Å². The molecular formula is C23H33N5O5S2. The fourth-order valence-electron chi connectivity index (χ4n) is 3.54. The van der Waals surface area contributed by atoms with Crippen LogP contribution in [0.25, 0.3) is 10.9 Å². The van der Waals surface area contributed by atoms with Crippen LogP contribution >= 0.6 is 25.3 Å². The highest BCUT2D eigenvalue weighted by atomic mass is 32.1. The van der Waals surface area contributed by atoms with E-state index in [0.29, 0.717) is 6.42 Å². The summed E-state index contributed by atoms with van der Waals surface area (Å²) in [6.45, 7) is 3.79. The number of carboxylic acid groups (broad SMARTS) is 1. The van der Waals surface area contributed by atoms with Crippen molar-refractivity contribution in [2.24, 2.45) is 11.7 Å². The molecule has 4 atom stereocenters. The molecule has 0 saturated carbocycles. The number of amides is 3. The summed E-state index contributed by atoms with van der Waals surface area (Å²) in [6.07, 6.45) is 2.39. The highest BCUT2D eigenvalue weighted by Crippen LogP contribution is 2.19. The summed E-state index contributed by atoms with van der Waals surface area (Å²) in [7, 11) is 0. The van der Waals surface area contributed by atoms with Gasteiger partial charge in [0.05, 0.1) is 6.04 Å². The molecule has 0 radical (unpaired) electrons. The van der Waals surface area contributed by atoms with Gasteiger partial charge in [-0.15, -0.1) is 0 Å². The van der Waals surface area contributed by atoms with Crippen molar-refractivity contribution in [1.82, 2.24) is 20.9 Å². The Balaban J connectivity index is 2.06. The lowest BCUT2D eigenvalue weighted by molar-refractivity contribution is -0.141. The van der Waals surface area contributed by atoms with Gasteiger partial charge in [0.2, 0.25) is 17.7 Å². The number of carboxylic acids is 1. The molecule has 0 saturated heterocycles. The topological polar surface area (TPSA) is 166 Å². The third kappa shape index (κ3) is 8.18. The van der Waals surface area contributed by atoms with E-state index in [0.717, 1.165) is 16.5 Å². The first-order valence-electron chi connectivity index (χ1n) is 11.2. The van der Waals surface area contributed by atoms with Crippen LogP contribution in [0, 0.1) is 5.92 Å². The molecule has 2 aromatic rings. The van der Waals surface area contributed by atoms with Gasteiger partial charge in [0, 0.05) is 28.6 Å². The van der Waals surface area contributed by atoms with Gasteiger partial charge in [-0.05, 0) is 30.4 Å². The Hall–Kier alpha value is -2.70. The molecule has 0 aliphatic carbocycles. The zero-order valence-corrected chi connectivity index (χ0v) is 21.4. The molecule has 1 aromatic carbocycles. The normalized spacial score (nSPS) is 14.7. The molecular weight excluding hydrogens is 490 g/mol. The molecule has 0 aliphatic heterocycles. The van der Waals surface area contributed by atoms with E-state index in [1.54, 1.807) is 6.20 Å². The van der Waals surface area contributed by atoms with Gasteiger partial charge in [-0.2, -0.15) is 25.3 Å². The monoisotopic (exact) mass is 523 g/mol. The number of para-hydroxylation sites is 1. The van der Waals surface area contributed by atoms with E-state index in [9.17, 15) is 19.2 Å². The SMILES string of the molecule is CC(C)CC(NC(=O)C(N)Cc1c[nH]c2ccccc12)C(=O)NC(CS)C(=O)NC(CS)C(=O)O. The number of nitrogens with two attached hydrogens (primary N) is 1. The molecule has 1 heterocycles. The van der Waals surface area contributed by atoms with Crippen molar-refractivity contribution < 1.29 is 24.3 Å². The predicted octanol–water partition coefficient (Wildman–Crippen LogP) is 0.482. The van der Waals surface area contributed by atoms with Crippen LogP contribution in [-0.4, -0.2) is 69.5 Å². The molecule has 1 aromatic heterocycles. The summed E-state index contributed by atoms with van der Waals surface area (Å²) in [5, 5.41) is 17.6. The molecule has 0 bridgehead atoms. The van der Waals surface area contributed by atoms with Gasteiger partial charge in [0.15, 0.2) is 0 Å². The molecule has 0 spiro atoms. The largest absolute Gasteiger partial charge is 0.480 e. The van der Waals surface area contributed by atoms with Gasteiger partial charge in [0.1, 0.15) is 18.1 Å². The van der Waals surface area contributed by atoms with Crippen molar-refractivity contribution in [3.63, 3.8) is 0 Å². The molecule has 4 unspecified atom stereocenters. The molecule has 35 heavy (non-hydrogen) atoms. The number of carbonyl (C=O) groups is 4. The zero-order valence-electron chi connectivity index (χ0n) is 19.7. The second kappa shape index (κ2) is 13.4. The third-order valence-electron chi connectivity index (χ3n) is 5.40. The molecule has 192 valence electrons. The molecule has 0 fully saturated rings. The smallest absolute Gasteiger partial charge is 0.327 e. The number of aliphatic carboxylic acids is 1. The van der Waals surface area contributed by atoms with Crippen LogP contribution in [0.5, 0.6) is 0 Å². The first-order chi connectivity index (χ1) is 16.6. The Morgan fingerprint density at radius 1 is 0.943 bits per heavy atom. The Bertz CT molecular complexity index is 1040. The van der Waals surface area contributed by atoms with Crippen LogP contribution in [-0.2, 0) is 25.6 Å². The van der Waals surface area contributed by atoms with Crippen LogP contribution in [0.1, 0.15) is 25.8 Å². The summed E-state index contributed by atoms with van der Waals surface area (Å²) in [5.41, 5.74) is 7.98. The van der Waals surface area contributed by atoms with Crippen LogP contribution < -0.4 is 21.7 Å². The molecule has 10 nitrogen and oxygen atoms in total. The second-order valence-electron chi connectivity index (χ2n) is 8.69. The number of hydrogen-bond acceptors (Lipinski definition) is 7. The van der Waals surface area contributed by atoms with Crippen molar-refractivity contribution in [3.8, 4) is 0 Å². The van der Waals surface area contributed by atoms with Gasteiger partial charge in [-0.1, -0.05) is 32.0 Å². The minimum absolute atomic E-state index is 0.0553. The van der Waals surface area contributed by atoms with E-state index in [1.165, 1.54) is 0 Å². The Morgan fingerprint density at radius 2 is 1.51 bits per heavy atom. The number of fused-ring (bicyclic) bond motifs is 1. The molecule has 3 amide bonds. The van der Waals surface area contributed by atoms with E-state index < -0.39 is 47.9 Å². The average molecular weight is 524 g/mol. The fourth-order valence-corrected chi connectivity index (χ4v) is 4.04. The van der Waals surface area contributed by atoms with Crippen LogP contribution in [0.3, 0.4) is 0 Å². The highest BCUT2D eigenvalue weighted by Gasteiger charge is 2.30. The Labute approximate surface area is 215 Å². The Kier molecular flexibility index (Phi) is 10.9. The number of nitrogens with one attached hydrogen (secondary N) is 4. The number of aromatic amines is 1. The molecule has 7 N–H and O–H groups in total. The predicted molar refractivity (Wildman–Crippen MR) is 141 cm³/mol. The number of aromatic nitrogens is 1. The van der Waals surface area contributed by atoms with Crippen LogP contribution in [0.4, 0.5) is 0 Å². The van der Waals surface area contributed by atoms with Crippen LogP contribution in [0.15, 0.2) is 30.5 Å². The van der Waals surface area contributed by atoms with E-state index >= 15 is 0 Å². The maximum Gasteiger partial charge on any atom is 0.327 e. The average Bonchev–Trinajstić information content (AvgIpc) is 3.22. The highest BCUT2D eigenvalue weighted by molar-refractivity contribution is 7.80. The van der Waals surface area contributed by atoms with E-state index in [1.807, 2.05) is 38.1 Å². The van der Waals surface area contributed by atoms with Gasteiger partial charge in [-0.3, -0.25) is 14.4 Å². The van der Waals surface area contributed by atoms with Crippen molar-refractivity contribution in [3.05, 3.63) is 36.0 Å². The number of carbonyl (C=O) groups excluding carboxylic acids is 3. The van der Waals surface area contributed by atoms with Crippen molar-refractivity contribution in [2.75, 3.05) is 11.5 Å². The summed E-state index contributed by atoms with van der Waals surface area (Å²) in [4.78, 5) is 52.6. The maximum atomic E-state index is 13.0. The number of rotatable bonds is 13.